The van der Waals surface area contributed by atoms with E-state index in [1.54, 1.807) is 0 Å². The fourth-order valence-corrected chi connectivity index (χ4v) is 9.05. The van der Waals surface area contributed by atoms with Gasteiger partial charge in [-0.15, -0.1) is 0 Å². The van der Waals surface area contributed by atoms with Crippen LogP contribution in [0.1, 0.15) is 28.4 Å². The molecule has 0 spiro atoms. The number of esters is 2. The van der Waals surface area contributed by atoms with Gasteiger partial charge in [0.05, 0.1) is 40.6 Å². The number of carbonyl (C=O) groups excluding carboxylic acids is 2. The zero-order valence-electron chi connectivity index (χ0n) is 44.8. The van der Waals surface area contributed by atoms with Crippen LogP contribution in [0.15, 0.2) is 72.5 Å². The molecule has 4 aliphatic rings. The van der Waals surface area contributed by atoms with Gasteiger partial charge in [0.1, 0.15) is 109 Å². The van der Waals surface area contributed by atoms with E-state index in [4.69, 9.17) is 61.6 Å². The molecular weight excluding hydrogens is 1120 g/mol. The summed E-state index contributed by atoms with van der Waals surface area (Å²) in [6.07, 6.45) is -23.0. The van der Waals surface area contributed by atoms with Crippen molar-refractivity contribution >= 4 is 30.2 Å². The second-order valence-electron chi connectivity index (χ2n) is 19.2. The first-order valence-corrected chi connectivity index (χ1v) is 25.5. The first kappa shape index (κ1) is 62.2. The van der Waals surface area contributed by atoms with Crippen LogP contribution in [-0.4, -0.2) is 224 Å². The molecule has 456 valence electrons. The highest BCUT2D eigenvalue weighted by molar-refractivity contribution is 5.88. The SMILES string of the molecule is COc1cc(/C=C/C(=O)OC[C@@H]2O[C@@H](Oc3cc(O)c4c(c3)OC(c3ccc(O)c(O[C@@H]5O[C@H](COC(=O)/C=C/c6cc(OC)c(O)c(OC)c6)[C@@H](O)[C@@H](O)[C@H]5O)c3)C(O[C@@H]3O[C@H](CO)[C@@H](O)[C@H](O)[C@@H]3O)=C4)[C@H](O)[C@@H](O)[C@@H]2O)cc(OC)c1O. The lowest BCUT2D eigenvalue weighted by Crippen LogP contribution is -2.60. The van der Waals surface area contributed by atoms with Crippen molar-refractivity contribution in [2.24, 2.45) is 0 Å². The predicted octanol–water partition coefficient (Wildman–Crippen LogP) is -1.28. The van der Waals surface area contributed by atoms with Gasteiger partial charge >= 0.3 is 11.9 Å². The van der Waals surface area contributed by atoms with E-state index in [0.29, 0.717) is 11.1 Å². The average Bonchev–Trinajstić information content (AvgIpc) is 2.98. The Morgan fingerprint density at radius 3 is 1.40 bits per heavy atom. The lowest BCUT2D eigenvalue weighted by atomic mass is 9.98. The maximum atomic E-state index is 12.8. The summed E-state index contributed by atoms with van der Waals surface area (Å²) in [7, 11) is 5.25. The van der Waals surface area contributed by atoms with Gasteiger partial charge in [-0.2, -0.15) is 0 Å². The number of aromatic hydroxyl groups is 4. The van der Waals surface area contributed by atoms with E-state index in [0.717, 1.165) is 30.4 Å². The third-order valence-electron chi connectivity index (χ3n) is 13.7. The Bertz CT molecular complexity index is 3020. The lowest BCUT2D eigenvalue weighted by Gasteiger charge is -2.41. The molecule has 1 unspecified atom stereocenters. The van der Waals surface area contributed by atoms with Crippen LogP contribution in [0.3, 0.4) is 0 Å². The van der Waals surface area contributed by atoms with Crippen LogP contribution in [0.5, 0.6) is 63.2 Å². The van der Waals surface area contributed by atoms with Crippen molar-refractivity contribution in [1.82, 2.24) is 0 Å². The topological polar surface area (TPSA) is 437 Å². The molecule has 4 aromatic rings. The van der Waals surface area contributed by atoms with Crippen LogP contribution in [0.4, 0.5) is 0 Å². The standard InChI is InChI=1S/C55H62O29/c1-72-31-11-22(12-32(73-2)41(31)61)5-9-39(59)76-20-37-44(64)47(67)49(69)53(83-37)78-25-16-28(58)26-18-35(81-55-50(70)46(66)43(63)36(19-56)82-55)52(79-29(26)17-25)24-7-8-27(57)30(15-24)80-54-51(71)48(68)45(65)38(84-54)21-77-40(60)10-6-23-13-33(74-3)42(62)34(14-23)75-4/h5-18,36-38,43-58,61-71H,19-21H2,1-4H3/b9-5+,10-6+/t36-,37+,38-,43-,44-,45-,46+,47+,48-,49-,50+,51-,52?,53-,54-,55-/m1/s1. The van der Waals surface area contributed by atoms with Crippen LogP contribution in [0.2, 0.25) is 0 Å². The third kappa shape index (κ3) is 13.5. The molecule has 3 saturated heterocycles. The Kier molecular flexibility index (Phi) is 19.8. The molecule has 14 N–H and O–H groups in total. The molecule has 3 fully saturated rings. The minimum Gasteiger partial charge on any atom is -0.507 e. The zero-order valence-corrected chi connectivity index (χ0v) is 44.8. The molecule has 4 aromatic carbocycles. The van der Waals surface area contributed by atoms with Gasteiger partial charge in [0.25, 0.3) is 0 Å². The molecular formula is C55H62O29. The highest BCUT2D eigenvalue weighted by Gasteiger charge is 2.49. The molecule has 0 saturated carbocycles. The quantitative estimate of drug-likeness (QED) is 0.0362. The molecule has 0 aromatic heterocycles. The van der Waals surface area contributed by atoms with E-state index in [-0.39, 0.29) is 62.9 Å². The van der Waals surface area contributed by atoms with Crippen molar-refractivity contribution in [1.29, 1.82) is 0 Å². The molecule has 8 rings (SSSR count). The Morgan fingerprint density at radius 2 is 0.940 bits per heavy atom. The Hall–Kier alpha value is -7.88. The number of ether oxygens (including phenoxy) is 13. The number of hydrogen-bond donors (Lipinski definition) is 14. The van der Waals surface area contributed by atoms with Gasteiger partial charge in [0, 0.05) is 29.8 Å². The predicted molar refractivity (Wildman–Crippen MR) is 279 cm³/mol. The monoisotopic (exact) mass is 1190 g/mol. The summed E-state index contributed by atoms with van der Waals surface area (Å²) in [5.74, 6) is -4.75. The summed E-state index contributed by atoms with van der Waals surface area (Å²) in [6.45, 7) is -2.23. The van der Waals surface area contributed by atoms with Crippen molar-refractivity contribution in [2.75, 3.05) is 48.3 Å². The largest absolute Gasteiger partial charge is 0.507 e. The van der Waals surface area contributed by atoms with E-state index in [2.05, 4.69) is 0 Å². The van der Waals surface area contributed by atoms with Gasteiger partial charge in [0.2, 0.25) is 30.4 Å². The number of phenolic OH excluding ortho intramolecular Hbond substituents is 4. The van der Waals surface area contributed by atoms with Crippen LogP contribution in [0.25, 0.3) is 18.2 Å². The third-order valence-corrected chi connectivity index (χ3v) is 13.7. The van der Waals surface area contributed by atoms with Crippen LogP contribution in [-0.2, 0) is 38.0 Å². The van der Waals surface area contributed by atoms with Gasteiger partial charge in [0.15, 0.2) is 40.6 Å². The molecule has 84 heavy (non-hydrogen) atoms. The maximum Gasteiger partial charge on any atom is 0.330 e. The zero-order chi connectivity index (χ0) is 60.8. The van der Waals surface area contributed by atoms with Crippen LogP contribution >= 0.6 is 0 Å². The highest BCUT2D eigenvalue weighted by Crippen LogP contribution is 2.47. The van der Waals surface area contributed by atoms with E-state index in [1.165, 1.54) is 83.1 Å². The fraction of sp³-hybridized carbons (Fsp3) is 0.418. The first-order chi connectivity index (χ1) is 40.1. The molecule has 4 aliphatic heterocycles. The number of benzene rings is 4. The van der Waals surface area contributed by atoms with Crippen molar-refractivity contribution in [3.63, 3.8) is 0 Å². The minimum atomic E-state index is -2.00. The Morgan fingerprint density at radius 1 is 0.500 bits per heavy atom. The van der Waals surface area contributed by atoms with Crippen LogP contribution < -0.4 is 33.2 Å². The number of aliphatic hydroxyl groups is 10. The molecule has 29 heteroatoms. The van der Waals surface area contributed by atoms with Crippen molar-refractivity contribution in [3.05, 3.63) is 94.8 Å². The lowest BCUT2D eigenvalue weighted by molar-refractivity contribution is -0.293. The van der Waals surface area contributed by atoms with E-state index in [9.17, 15) is 81.1 Å². The van der Waals surface area contributed by atoms with E-state index in [1.807, 2.05) is 0 Å². The number of phenols is 4. The minimum absolute atomic E-state index is 0.0000168. The van der Waals surface area contributed by atoms with Crippen molar-refractivity contribution < 1.29 is 143 Å². The second kappa shape index (κ2) is 26.8. The molecule has 0 aliphatic carbocycles. The molecule has 0 radical (unpaired) electrons. The average molecular weight is 1190 g/mol. The Balaban J connectivity index is 1.01. The summed E-state index contributed by atoms with van der Waals surface area (Å²) >= 11 is 0. The number of aliphatic hydroxyl groups excluding tert-OH is 10. The smallest absolute Gasteiger partial charge is 0.330 e. The van der Waals surface area contributed by atoms with Gasteiger partial charge < -0.3 is 133 Å². The maximum absolute atomic E-state index is 12.8. The number of hydrogen-bond acceptors (Lipinski definition) is 29. The molecule has 0 amide bonds. The molecule has 4 heterocycles. The van der Waals surface area contributed by atoms with Gasteiger partial charge in [-0.1, -0.05) is 6.07 Å². The van der Waals surface area contributed by atoms with E-state index < -0.39 is 147 Å². The van der Waals surface area contributed by atoms with Crippen LogP contribution in [0, 0.1) is 0 Å². The Labute approximate surface area is 476 Å². The summed E-state index contributed by atoms with van der Waals surface area (Å²) in [6, 6.07) is 11.4. The summed E-state index contributed by atoms with van der Waals surface area (Å²) in [5.41, 5.74) is 0.589. The highest BCUT2D eigenvalue weighted by atomic mass is 16.7. The van der Waals surface area contributed by atoms with Crippen molar-refractivity contribution in [2.45, 2.75) is 98.2 Å². The van der Waals surface area contributed by atoms with Crippen molar-refractivity contribution in [3.8, 4) is 63.2 Å². The summed E-state index contributed by atoms with van der Waals surface area (Å²) in [4.78, 5) is 25.6. The van der Waals surface area contributed by atoms with E-state index >= 15 is 0 Å². The molecule has 29 nitrogen and oxygen atoms in total. The number of carbonyl (C=O) groups is 2. The summed E-state index contributed by atoms with van der Waals surface area (Å²) < 4.78 is 72.2. The van der Waals surface area contributed by atoms with Gasteiger partial charge in [-0.25, -0.2) is 9.59 Å². The fourth-order valence-electron chi connectivity index (χ4n) is 9.05. The summed E-state index contributed by atoms with van der Waals surface area (Å²) in [5, 5.41) is 150. The number of methoxy groups -OCH3 is 4. The number of rotatable bonds is 20. The first-order valence-electron chi connectivity index (χ1n) is 25.5. The second-order valence-corrected chi connectivity index (χ2v) is 19.2. The number of fused-ring (bicyclic) bond motifs is 1. The normalized spacial score (nSPS) is 29.4. The van der Waals surface area contributed by atoms with Gasteiger partial charge in [-0.3, -0.25) is 0 Å². The molecule has 0 bridgehead atoms. The van der Waals surface area contributed by atoms with Gasteiger partial charge in [-0.05, 0) is 65.8 Å². The molecule has 16 atom stereocenters.